The fourth-order valence-electron chi connectivity index (χ4n) is 2.30. The van der Waals surface area contributed by atoms with Gasteiger partial charge in [0.1, 0.15) is 0 Å². The molecule has 2 aromatic heterocycles. The second kappa shape index (κ2) is 7.50. The summed E-state index contributed by atoms with van der Waals surface area (Å²) in [5.74, 6) is 0.957. The van der Waals surface area contributed by atoms with E-state index in [1.165, 1.54) is 0 Å². The Balaban J connectivity index is 1.52. The van der Waals surface area contributed by atoms with Crippen molar-refractivity contribution in [2.45, 2.75) is 26.3 Å². The molecule has 0 unspecified atom stereocenters. The van der Waals surface area contributed by atoms with E-state index in [1.807, 2.05) is 43.3 Å². The van der Waals surface area contributed by atoms with Gasteiger partial charge in [-0.05, 0) is 24.1 Å². The second-order valence-electron chi connectivity index (χ2n) is 5.46. The number of amides is 1. The van der Waals surface area contributed by atoms with Crippen molar-refractivity contribution in [2.75, 3.05) is 0 Å². The monoisotopic (exact) mass is 322 g/mol. The van der Waals surface area contributed by atoms with Crippen molar-refractivity contribution in [1.82, 2.24) is 20.4 Å². The van der Waals surface area contributed by atoms with Crippen LogP contribution in [0.4, 0.5) is 0 Å². The molecule has 0 spiro atoms. The Bertz CT molecular complexity index is 815. The van der Waals surface area contributed by atoms with Crippen molar-refractivity contribution in [2.24, 2.45) is 0 Å². The normalized spacial score (nSPS) is 10.5. The number of hydrogen-bond donors (Lipinski definition) is 1. The minimum atomic E-state index is -0.0607. The molecule has 6 nitrogen and oxygen atoms in total. The van der Waals surface area contributed by atoms with Gasteiger partial charge in [-0.15, -0.1) is 0 Å². The molecule has 1 N–H and O–H groups in total. The van der Waals surface area contributed by atoms with Crippen molar-refractivity contribution in [1.29, 1.82) is 0 Å². The topological polar surface area (TPSA) is 80.9 Å². The van der Waals surface area contributed by atoms with Crippen LogP contribution in [0.2, 0.25) is 0 Å². The third-order valence-electron chi connectivity index (χ3n) is 3.63. The minimum Gasteiger partial charge on any atom is -0.352 e. The highest BCUT2D eigenvalue weighted by molar-refractivity contribution is 5.76. The molecule has 6 heteroatoms. The zero-order valence-electron chi connectivity index (χ0n) is 13.4. The van der Waals surface area contributed by atoms with E-state index in [0.717, 1.165) is 16.7 Å². The Morgan fingerprint density at radius 2 is 2.08 bits per heavy atom. The fourth-order valence-corrected chi connectivity index (χ4v) is 2.30. The maximum Gasteiger partial charge on any atom is 0.227 e. The maximum atomic E-state index is 11.9. The predicted molar refractivity (Wildman–Crippen MR) is 88.9 cm³/mol. The predicted octanol–water partition coefficient (Wildman–Crippen LogP) is 2.69. The van der Waals surface area contributed by atoms with Crippen LogP contribution in [0.5, 0.6) is 0 Å². The summed E-state index contributed by atoms with van der Waals surface area (Å²) in [5, 5.41) is 6.84. The first-order chi connectivity index (χ1) is 11.7. The Morgan fingerprint density at radius 3 is 2.88 bits per heavy atom. The molecule has 0 aliphatic heterocycles. The SMILES string of the molecule is Cc1ccccc1-c1noc(CCC(=O)NCc2cccnc2)n1. The molecule has 0 radical (unpaired) electrons. The van der Waals surface area contributed by atoms with Crippen LogP contribution in [0.3, 0.4) is 0 Å². The van der Waals surface area contributed by atoms with Crippen LogP contribution in [0, 0.1) is 6.92 Å². The van der Waals surface area contributed by atoms with Crippen LogP contribution < -0.4 is 5.32 Å². The van der Waals surface area contributed by atoms with Gasteiger partial charge in [0.15, 0.2) is 0 Å². The maximum absolute atomic E-state index is 11.9. The molecule has 0 aliphatic carbocycles. The fraction of sp³-hybridized carbons (Fsp3) is 0.222. The summed E-state index contributed by atoms with van der Waals surface area (Å²) in [6, 6.07) is 11.6. The van der Waals surface area contributed by atoms with Gasteiger partial charge in [-0.1, -0.05) is 35.5 Å². The molecule has 122 valence electrons. The molecule has 1 aromatic carbocycles. The minimum absolute atomic E-state index is 0.0607. The van der Waals surface area contributed by atoms with Gasteiger partial charge in [0.2, 0.25) is 17.6 Å². The summed E-state index contributed by atoms with van der Waals surface area (Å²) in [4.78, 5) is 20.3. The van der Waals surface area contributed by atoms with Gasteiger partial charge in [0, 0.05) is 37.3 Å². The largest absolute Gasteiger partial charge is 0.352 e. The Kier molecular flexibility index (Phi) is 4.96. The van der Waals surface area contributed by atoms with E-state index in [0.29, 0.717) is 31.1 Å². The number of pyridine rings is 1. The van der Waals surface area contributed by atoms with Crippen LogP contribution in [-0.4, -0.2) is 21.0 Å². The van der Waals surface area contributed by atoms with Crippen LogP contribution in [-0.2, 0) is 17.8 Å². The summed E-state index contributed by atoms with van der Waals surface area (Å²) in [6.07, 6.45) is 4.15. The molecule has 2 heterocycles. The highest BCUT2D eigenvalue weighted by Crippen LogP contribution is 2.20. The van der Waals surface area contributed by atoms with Crippen LogP contribution >= 0.6 is 0 Å². The average Bonchev–Trinajstić information content (AvgIpc) is 3.08. The van der Waals surface area contributed by atoms with Crippen molar-refractivity contribution >= 4 is 5.91 Å². The van der Waals surface area contributed by atoms with Crippen LogP contribution in [0.15, 0.2) is 53.3 Å². The van der Waals surface area contributed by atoms with E-state index in [4.69, 9.17) is 4.52 Å². The Morgan fingerprint density at radius 1 is 1.21 bits per heavy atom. The number of carbonyl (C=O) groups excluding carboxylic acids is 1. The number of nitrogens with one attached hydrogen (secondary N) is 1. The lowest BCUT2D eigenvalue weighted by Crippen LogP contribution is -2.23. The van der Waals surface area contributed by atoms with Crippen molar-refractivity contribution in [3.05, 3.63) is 65.8 Å². The van der Waals surface area contributed by atoms with E-state index < -0.39 is 0 Å². The molecular weight excluding hydrogens is 304 g/mol. The van der Waals surface area contributed by atoms with Gasteiger partial charge in [0.05, 0.1) is 0 Å². The number of benzene rings is 1. The van der Waals surface area contributed by atoms with Crippen molar-refractivity contribution in [3.63, 3.8) is 0 Å². The van der Waals surface area contributed by atoms with Gasteiger partial charge < -0.3 is 9.84 Å². The number of hydrogen-bond acceptors (Lipinski definition) is 5. The lowest BCUT2D eigenvalue weighted by molar-refractivity contribution is -0.121. The van der Waals surface area contributed by atoms with Crippen LogP contribution in [0.1, 0.15) is 23.4 Å². The molecule has 0 atom stereocenters. The third-order valence-corrected chi connectivity index (χ3v) is 3.63. The van der Waals surface area contributed by atoms with E-state index in [-0.39, 0.29) is 5.91 Å². The molecule has 24 heavy (non-hydrogen) atoms. The smallest absolute Gasteiger partial charge is 0.227 e. The molecule has 0 saturated heterocycles. The van der Waals surface area contributed by atoms with Gasteiger partial charge in [-0.3, -0.25) is 9.78 Å². The zero-order valence-corrected chi connectivity index (χ0v) is 13.4. The third kappa shape index (κ3) is 4.04. The van der Waals surface area contributed by atoms with E-state index in [1.54, 1.807) is 12.4 Å². The molecule has 1 amide bonds. The number of aromatic nitrogens is 3. The molecular formula is C18H18N4O2. The van der Waals surface area contributed by atoms with E-state index in [2.05, 4.69) is 20.4 Å². The second-order valence-corrected chi connectivity index (χ2v) is 5.46. The number of nitrogens with zero attached hydrogens (tertiary/aromatic N) is 3. The Hall–Kier alpha value is -3.02. The van der Waals surface area contributed by atoms with Gasteiger partial charge in [0.25, 0.3) is 0 Å². The van der Waals surface area contributed by atoms with Gasteiger partial charge in [-0.25, -0.2) is 0 Å². The quantitative estimate of drug-likeness (QED) is 0.754. The first kappa shape index (κ1) is 15.9. The molecule has 0 bridgehead atoms. The lowest BCUT2D eigenvalue weighted by Gasteiger charge is -2.03. The first-order valence-corrected chi connectivity index (χ1v) is 7.76. The summed E-state index contributed by atoms with van der Waals surface area (Å²) in [5.41, 5.74) is 2.98. The van der Waals surface area contributed by atoms with E-state index >= 15 is 0 Å². The standard InChI is InChI=1S/C18H18N4O2/c1-13-5-2-3-7-15(13)18-21-17(24-22-18)9-8-16(23)20-12-14-6-4-10-19-11-14/h2-7,10-11H,8-9,12H2,1H3,(H,20,23). The summed E-state index contributed by atoms with van der Waals surface area (Å²) in [6.45, 7) is 2.46. The van der Waals surface area contributed by atoms with Gasteiger partial charge >= 0.3 is 0 Å². The molecule has 0 fully saturated rings. The zero-order chi connectivity index (χ0) is 16.8. The molecule has 3 aromatic rings. The lowest BCUT2D eigenvalue weighted by atomic mass is 10.1. The van der Waals surface area contributed by atoms with E-state index in [9.17, 15) is 4.79 Å². The molecule has 3 rings (SSSR count). The summed E-state index contributed by atoms with van der Waals surface area (Å²) < 4.78 is 5.24. The number of carbonyl (C=O) groups is 1. The average molecular weight is 322 g/mol. The summed E-state index contributed by atoms with van der Waals surface area (Å²) in [7, 11) is 0. The molecule has 0 aliphatic rings. The molecule has 0 saturated carbocycles. The highest BCUT2D eigenvalue weighted by atomic mass is 16.5. The number of aryl methyl sites for hydroxylation is 2. The van der Waals surface area contributed by atoms with Gasteiger partial charge in [-0.2, -0.15) is 4.98 Å². The number of rotatable bonds is 6. The van der Waals surface area contributed by atoms with Crippen molar-refractivity contribution in [3.8, 4) is 11.4 Å². The first-order valence-electron chi connectivity index (χ1n) is 7.76. The summed E-state index contributed by atoms with van der Waals surface area (Å²) >= 11 is 0. The highest BCUT2D eigenvalue weighted by Gasteiger charge is 2.12. The Labute approximate surface area is 139 Å². The van der Waals surface area contributed by atoms with Crippen molar-refractivity contribution < 1.29 is 9.32 Å². The van der Waals surface area contributed by atoms with Crippen LogP contribution in [0.25, 0.3) is 11.4 Å².